The minimum absolute atomic E-state index is 0.00694. The van der Waals surface area contributed by atoms with Gasteiger partial charge >= 0.3 is 23.9 Å². The standard InChI is InChI=1S/C30H28N4O3.C27H24N4O4.C26H21FN4O3.C25H19FN4O3/c1-18-27(20(3)37-33-18)22-15-26-28(32-16-22)24(17-34(26)19(2)25-7-5-6-14-31-25)21-8-10-23(11-9-21)30(12-13-30)29(35)36-4;1-15-6-5-7-20(29-15)13-31-14-22(18-8-9-21(27(32)33)24(11-18)34-4)26-23(31)10-19(12-28-26)25-16(2)30-35-17(25)3;1-15-24(16(2)34-30-15)19-11-23-25(29-12-19)20(17-6-8-18(9-7-17)26(32)33-3)13-31(23)14-22-21(27)5-4-10-28-22;1-14-23(15(2)33-29-14)18-10-22-24(28-11-18)19(16-5-7-17(8-6-16)25(31)32)12-30(22)13-21-20(26)4-3-9-27-21/h5-11,14-17,19H,12-13H2,1-4H3;5-12,14H,13H2,1-4H3,(H,32,33);4-13H,14H2,1-3H3;3-12H,13H2,1-2H3,(H,31,32)/t19-;;;/m0.../s1. The number of carbonyl (C=O) groups is 4. The van der Waals surface area contributed by atoms with Crippen LogP contribution in [0.3, 0.4) is 0 Å². The van der Waals surface area contributed by atoms with Gasteiger partial charge in [0, 0.05) is 141 Å². The van der Waals surface area contributed by atoms with Crippen LogP contribution < -0.4 is 4.74 Å². The normalized spacial score (nSPS) is 12.2. The number of hydrogen-bond donors (Lipinski definition) is 2. The third-order valence-corrected chi connectivity index (χ3v) is 25.1. The van der Waals surface area contributed by atoms with Gasteiger partial charge in [0.1, 0.15) is 46.0 Å². The molecule has 20 aromatic rings. The minimum Gasteiger partial charge on any atom is -0.496 e. The minimum atomic E-state index is -1.04. The van der Waals surface area contributed by atoms with E-state index in [4.69, 9.17) is 52.2 Å². The molecule has 0 spiro atoms. The van der Waals surface area contributed by atoms with E-state index in [1.54, 1.807) is 91.5 Å². The highest BCUT2D eigenvalue weighted by atomic mass is 19.1. The fourth-order valence-corrected chi connectivity index (χ4v) is 18.0. The monoisotopic (exact) mass is 1860 g/mol. The SMILES string of the molecule is COC(=O)C1(c2ccc(-c3cn([C@@H](C)c4ccccn4)c4cc(-c5c(C)noc5C)cnc34)cc2)CC1.COC(=O)c1ccc(-c2cn(Cc3ncccc3F)c3cc(-c4c(C)noc4C)cnc23)cc1.COc1cc(-c2cn(Cc3cccc(C)n3)c3cc(-c4c(C)noc4C)cnc23)ccc1C(=O)O.Cc1noc(C)c1-c1cnc2c(-c3ccc(C(=O)O)cc3)cn(Cc3ncccc3F)c2c1. The van der Waals surface area contributed by atoms with E-state index in [9.17, 15) is 38.2 Å². The average Bonchev–Trinajstić information content (AvgIpc) is 1.61. The number of methoxy groups -OCH3 is 3. The van der Waals surface area contributed by atoms with Gasteiger partial charge in [-0.2, -0.15) is 0 Å². The number of pyridine rings is 8. The quantitative estimate of drug-likeness (QED) is 0.0595. The number of nitrogens with zero attached hydrogens (tertiary/aromatic N) is 16. The van der Waals surface area contributed by atoms with Crippen LogP contribution in [0.4, 0.5) is 8.78 Å². The molecule has 0 aliphatic heterocycles. The molecule has 0 amide bonds. The third kappa shape index (κ3) is 18.3. The number of halogens is 2. The maximum atomic E-state index is 14.4. The molecule has 21 rings (SSSR count). The molecule has 1 aliphatic carbocycles. The average molecular weight is 1860 g/mol. The van der Waals surface area contributed by atoms with Crippen LogP contribution in [0.25, 0.3) is 133 Å². The third-order valence-electron chi connectivity index (χ3n) is 25.1. The van der Waals surface area contributed by atoms with Crippen LogP contribution in [0.15, 0.2) is 262 Å². The summed E-state index contributed by atoms with van der Waals surface area (Å²) in [5.74, 6) is -0.162. The molecule has 139 heavy (non-hydrogen) atoms. The molecule has 0 unspecified atom stereocenters. The number of aryl methyl sites for hydroxylation is 9. The first-order valence-corrected chi connectivity index (χ1v) is 44.5. The zero-order chi connectivity index (χ0) is 97.4. The topological polar surface area (TPSA) is 363 Å². The van der Waals surface area contributed by atoms with Gasteiger partial charge in [-0.15, -0.1) is 0 Å². The van der Waals surface area contributed by atoms with E-state index in [1.807, 2.05) is 181 Å². The molecule has 1 saturated carbocycles. The maximum Gasteiger partial charge on any atom is 0.339 e. The van der Waals surface area contributed by atoms with Crippen molar-refractivity contribution in [1.82, 2.24) is 78.8 Å². The van der Waals surface area contributed by atoms with E-state index in [0.29, 0.717) is 46.3 Å². The number of carboxylic acid groups (broad SMARTS) is 2. The lowest BCUT2D eigenvalue weighted by Gasteiger charge is -2.15. The van der Waals surface area contributed by atoms with Crippen molar-refractivity contribution < 1.29 is 70.5 Å². The van der Waals surface area contributed by atoms with Gasteiger partial charge in [-0.25, -0.2) is 23.2 Å². The lowest BCUT2D eigenvalue weighted by Crippen LogP contribution is -2.21. The van der Waals surface area contributed by atoms with Crippen molar-refractivity contribution in [1.29, 1.82) is 0 Å². The summed E-state index contributed by atoms with van der Waals surface area (Å²) in [5.41, 5.74) is 28.9. The van der Waals surface area contributed by atoms with Crippen molar-refractivity contribution in [3.63, 3.8) is 0 Å². The van der Waals surface area contributed by atoms with Crippen LogP contribution >= 0.6 is 0 Å². The second-order valence-corrected chi connectivity index (χ2v) is 34.0. The Morgan fingerprint density at radius 3 is 1.23 bits per heavy atom. The van der Waals surface area contributed by atoms with Crippen molar-refractivity contribution in [2.45, 2.75) is 113 Å². The van der Waals surface area contributed by atoms with E-state index >= 15 is 0 Å². The summed E-state index contributed by atoms with van der Waals surface area (Å²) in [6.07, 6.45) is 21.8. The van der Waals surface area contributed by atoms with Crippen LogP contribution in [0.5, 0.6) is 5.75 Å². The number of benzene rings is 4. The molecule has 0 saturated heterocycles. The molecule has 1 atom stereocenters. The van der Waals surface area contributed by atoms with E-state index < -0.39 is 23.3 Å². The van der Waals surface area contributed by atoms with Crippen molar-refractivity contribution in [2.75, 3.05) is 21.3 Å². The molecule has 29 nitrogen and oxygen atoms in total. The molecule has 696 valence electrons. The summed E-state index contributed by atoms with van der Waals surface area (Å²) >= 11 is 0. The van der Waals surface area contributed by atoms with E-state index in [0.717, 1.165) is 197 Å². The van der Waals surface area contributed by atoms with Gasteiger partial charge in [0.2, 0.25) is 0 Å². The number of ether oxygens (including phenoxy) is 3. The van der Waals surface area contributed by atoms with Gasteiger partial charge in [-0.3, -0.25) is 44.7 Å². The number of esters is 2. The Kier molecular flexibility index (Phi) is 25.5. The number of rotatable bonds is 22. The summed E-state index contributed by atoms with van der Waals surface area (Å²) in [5, 5.41) is 35.0. The molecule has 16 heterocycles. The Morgan fingerprint density at radius 1 is 0.417 bits per heavy atom. The second-order valence-electron chi connectivity index (χ2n) is 34.0. The van der Waals surface area contributed by atoms with Gasteiger partial charge in [-0.05, 0) is 219 Å². The first-order valence-electron chi connectivity index (χ1n) is 44.5. The lowest BCUT2D eigenvalue weighted by atomic mass is 9.94. The van der Waals surface area contributed by atoms with Gasteiger partial charge in [0.15, 0.2) is 0 Å². The zero-order valence-electron chi connectivity index (χ0n) is 78.0. The van der Waals surface area contributed by atoms with E-state index in [-0.39, 0.29) is 47.9 Å². The number of aromatic carboxylic acids is 2. The predicted octanol–water partition coefficient (Wildman–Crippen LogP) is 22.2. The highest BCUT2D eigenvalue weighted by Crippen LogP contribution is 2.50. The van der Waals surface area contributed by atoms with Crippen LogP contribution in [0.2, 0.25) is 0 Å². The van der Waals surface area contributed by atoms with Crippen molar-refractivity contribution in [2.24, 2.45) is 0 Å². The Labute approximate surface area is 794 Å². The molecule has 1 fully saturated rings. The number of fused-ring (bicyclic) bond motifs is 4. The highest BCUT2D eigenvalue weighted by Gasteiger charge is 2.52. The first-order chi connectivity index (χ1) is 67.2. The predicted molar refractivity (Wildman–Crippen MR) is 518 cm³/mol. The van der Waals surface area contributed by atoms with Crippen LogP contribution in [-0.4, -0.2) is 134 Å². The summed E-state index contributed by atoms with van der Waals surface area (Å²) < 4.78 is 73.6. The van der Waals surface area contributed by atoms with Crippen LogP contribution in [0.1, 0.15) is 137 Å². The molecule has 16 aromatic heterocycles. The van der Waals surface area contributed by atoms with E-state index in [1.165, 1.54) is 33.5 Å². The highest BCUT2D eigenvalue weighted by molar-refractivity contribution is 6.01. The number of aromatic nitrogens is 16. The number of carbonyl (C=O) groups excluding carboxylic acids is 2. The maximum absolute atomic E-state index is 14.4. The molecule has 4 aromatic carbocycles. The van der Waals surface area contributed by atoms with Gasteiger partial charge in [0.25, 0.3) is 0 Å². The largest absolute Gasteiger partial charge is 0.496 e. The Balaban J connectivity index is 0.000000123. The first kappa shape index (κ1) is 92.1. The molecule has 2 N–H and O–H groups in total. The molecule has 0 bridgehead atoms. The fraction of sp³-hybridized carbons (Fsp3) is 0.185. The molecule has 1 aliphatic rings. The molecule has 31 heteroatoms. The molecular formula is C108H92F2N16O13. The molecular weight excluding hydrogens is 1770 g/mol. The zero-order valence-corrected chi connectivity index (χ0v) is 78.0. The molecule has 0 radical (unpaired) electrons. The smallest absolute Gasteiger partial charge is 0.339 e. The summed E-state index contributed by atoms with van der Waals surface area (Å²) in [6.45, 7) is 20.2. The lowest BCUT2D eigenvalue weighted by molar-refractivity contribution is -0.143. The van der Waals surface area contributed by atoms with Crippen LogP contribution in [0, 0.1) is 73.9 Å². The van der Waals surface area contributed by atoms with Crippen LogP contribution in [-0.2, 0) is 39.3 Å². The Bertz CT molecular complexity index is 8030. The Hall–Kier alpha value is -17.4. The summed E-state index contributed by atoms with van der Waals surface area (Å²) in [7, 11) is 4.27. The van der Waals surface area contributed by atoms with Crippen molar-refractivity contribution in [3.05, 3.63) is 352 Å². The summed E-state index contributed by atoms with van der Waals surface area (Å²) in [4.78, 5) is 83.9. The van der Waals surface area contributed by atoms with E-state index in [2.05, 4.69) is 87.1 Å². The summed E-state index contributed by atoms with van der Waals surface area (Å²) in [6, 6.07) is 53.0. The van der Waals surface area contributed by atoms with Crippen molar-refractivity contribution in [3.8, 4) is 94.8 Å². The Morgan fingerprint density at radius 2 is 0.835 bits per heavy atom. The van der Waals surface area contributed by atoms with Gasteiger partial charge in [0.05, 0.1) is 153 Å². The van der Waals surface area contributed by atoms with Gasteiger partial charge in [-0.1, -0.05) is 87.4 Å². The van der Waals surface area contributed by atoms with Gasteiger partial charge < -0.3 is 60.8 Å². The number of hydrogen-bond acceptors (Lipinski definition) is 23. The van der Waals surface area contributed by atoms with Crippen molar-refractivity contribution >= 4 is 68.0 Å². The fourth-order valence-electron chi connectivity index (χ4n) is 18.0. The second kappa shape index (κ2) is 38.5. The number of carboxylic acids is 2.